The van der Waals surface area contributed by atoms with Crippen LogP contribution in [0.4, 0.5) is 5.69 Å². The maximum absolute atomic E-state index is 13.0. The van der Waals surface area contributed by atoms with Crippen molar-refractivity contribution in [2.24, 2.45) is 0 Å². The maximum Gasteiger partial charge on any atom is 0.255 e. The summed E-state index contributed by atoms with van der Waals surface area (Å²) in [6.45, 7) is 3.04. The Morgan fingerprint density at radius 1 is 1.28 bits per heavy atom. The molecule has 0 unspecified atom stereocenters. The molecule has 3 N–H and O–H groups in total. The molecule has 4 rings (SSSR count). The first-order valence-electron chi connectivity index (χ1n) is 10.1. The van der Waals surface area contributed by atoms with Crippen LogP contribution in [0.2, 0.25) is 0 Å². The molecule has 0 aromatic carbocycles. The van der Waals surface area contributed by atoms with Crippen molar-refractivity contribution in [3.8, 4) is 0 Å². The van der Waals surface area contributed by atoms with E-state index < -0.39 is 0 Å². The van der Waals surface area contributed by atoms with E-state index in [-0.39, 0.29) is 18.1 Å². The van der Waals surface area contributed by atoms with Gasteiger partial charge in [-0.05, 0) is 44.7 Å². The summed E-state index contributed by atoms with van der Waals surface area (Å²) in [5, 5.41) is 21.7. The van der Waals surface area contributed by atoms with Crippen LogP contribution in [-0.4, -0.2) is 42.9 Å². The third kappa shape index (κ3) is 4.22. The van der Waals surface area contributed by atoms with Gasteiger partial charge in [-0.1, -0.05) is 6.07 Å². The fourth-order valence-electron chi connectivity index (χ4n) is 3.85. The molecule has 29 heavy (non-hydrogen) atoms. The Labute approximate surface area is 169 Å². The number of rotatable bonds is 6. The van der Waals surface area contributed by atoms with Gasteiger partial charge in [0.05, 0.1) is 41.2 Å². The fourth-order valence-corrected chi connectivity index (χ4v) is 3.85. The Morgan fingerprint density at radius 2 is 2.17 bits per heavy atom. The van der Waals surface area contributed by atoms with Crippen LogP contribution in [0.1, 0.15) is 48.7 Å². The van der Waals surface area contributed by atoms with Gasteiger partial charge < -0.3 is 15.7 Å². The van der Waals surface area contributed by atoms with Gasteiger partial charge in [-0.25, -0.2) is 9.67 Å². The first kappa shape index (κ1) is 19.3. The van der Waals surface area contributed by atoms with E-state index in [0.29, 0.717) is 25.1 Å². The minimum Gasteiger partial charge on any atom is -0.393 e. The number of aliphatic hydroxyl groups is 1. The van der Waals surface area contributed by atoms with Gasteiger partial charge in [-0.3, -0.25) is 9.78 Å². The molecule has 3 aromatic rings. The molecular formula is C21H26N6O2. The second-order valence-corrected chi connectivity index (χ2v) is 7.41. The van der Waals surface area contributed by atoms with Crippen LogP contribution in [0.25, 0.3) is 11.0 Å². The molecule has 1 aliphatic carbocycles. The normalized spacial score (nSPS) is 19.2. The second kappa shape index (κ2) is 8.57. The largest absolute Gasteiger partial charge is 0.393 e. The van der Waals surface area contributed by atoms with E-state index in [9.17, 15) is 9.90 Å². The topological polar surface area (TPSA) is 105 Å². The molecule has 0 bridgehead atoms. The Balaban J connectivity index is 1.63. The molecule has 152 valence electrons. The van der Waals surface area contributed by atoms with Crippen LogP contribution in [0.15, 0.2) is 36.8 Å². The van der Waals surface area contributed by atoms with Gasteiger partial charge in [0, 0.05) is 25.0 Å². The van der Waals surface area contributed by atoms with Gasteiger partial charge in [0.1, 0.15) is 0 Å². The smallest absolute Gasteiger partial charge is 0.255 e. The Kier molecular flexibility index (Phi) is 5.71. The van der Waals surface area contributed by atoms with Gasteiger partial charge in [0.2, 0.25) is 0 Å². The number of aliphatic hydroxyl groups excluding tert-OH is 1. The fraction of sp³-hybridized carbons (Fsp3) is 0.429. The predicted molar refractivity (Wildman–Crippen MR) is 110 cm³/mol. The second-order valence-electron chi connectivity index (χ2n) is 7.41. The van der Waals surface area contributed by atoms with Crippen molar-refractivity contribution in [2.45, 2.75) is 57.8 Å². The number of nitrogens with zero attached hydrogens (tertiary/aromatic N) is 4. The number of fused-ring (bicyclic) bond motifs is 1. The van der Waals surface area contributed by atoms with Gasteiger partial charge >= 0.3 is 0 Å². The van der Waals surface area contributed by atoms with Crippen LogP contribution in [0.5, 0.6) is 0 Å². The molecule has 3 heterocycles. The highest BCUT2D eigenvalue weighted by atomic mass is 16.3. The van der Waals surface area contributed by atoms with Crippen LogP contribution in [0, 0.1) is 0 Å². The van der Waals surface area contributed by atoms with Crippen molar-refractivity contribution in [1.82, 2.24) is 25.1 Å². The average Bonchev–Trinajstić information content (AvgIpc) is 3.17. The number of nitrogens with one attached hydrogen (secondary N) is 2. The quantitative estimate of drug-likeness (QED) is 0.593. The number of carbonyl (C=O) groups excluding carboxylic acids is 1. The van der Waals surface area contributed by atoms with E-state index in [4.69, 9.17) is 0 Å². The number of aromatic nitrogens is 4. The number of anilines is 1. The number of pyridine rings is 2. The highest BCUT2D eigenvalue weighted by molar-refractivity contribution is 6.06. The van der Waals surface area contributed by atoms with E-state index in [0.717, 1.165) is 41.7 Å². The third-order valence-electron chi connectivity index (χ3n) is 5.36. The Hall–Kier alpha value is -3.00. The Morgan fingerprint density at radius 3 is 2.93 bits per heavy atom. The van der Waals surface area contributed by atoms with Crippen LogP contribution in [-0.2, 0) is 13.1 Å². The summed E-state index contributed by atoms with van der Waals surface area (Å²) >= 11 is 0. The highest BCUT2D eigenvalue weighted by Gasteiger charge is 2.24. The van der Waals surface area contributed by atoms with E-state index >= 15 is 0 Å². The van der Waals surface area contributed by atoms with E-state index in [2.05, 4.69) is 25.7 Å². The number of amides is 1. The average molecular weight is 394 g/mol. The maximum atomic E-state index is 13.0. The molecule has 8 nitrogen and oxygen atoms in total. The van der Waals surface area contributed by atoms with Crippen molar-refractivity contribution in [3.05, 3.63) is 48.0 Å². The molecule has 8 heteroatoms. The number of hydrogen-bond acceptors (Lipinski definition) is 6. The summed E-state index contributed by atoms with van der Waals surface area (Å²) in [7, 11) is 0. The van der Waals surface area contributed by atoms with Crippen LogP contribution >= 0.6 is 0 Å². The summed E-state index contributed by atoms with van der Waals surface area (Å²) in [4.78, 5) is 21.7. The van der Waals surface area contributed by atoms with E-state index in [1.165, 1.54) is 0 Å². The molecule has 2 atom stereocenters. The lowest BCUT2D eigenvalue weighted by atomic mass is 9.92. The van der Waals surface area contributed by atoms with Crippen molar-refractivity contribution in [1.29, 1.82) is 0 Å². The molecule has 1 amide bonds. The minimum atomic E-state index is -0.307. The molecule has 0 spiro atoms. The minimum absolute atomic E-state index is 0.108. The van der Waals surface area contributed by atoms with Crippen molar-refractivity contribution < 1.29 is 9.90 Å². The summed E-state index contributed by atoms with van der Waals surface area (Å²) in [5.74, 6) is -0.215. The summed E-state index contributed by atoms with van der Waals surface area (Å²) in [6.07, 6.45) is 8.17. The molecule has 3 aromatic heterocycles. The zero-order valence-corrected chi connectivity index (χ0v) is 16.5. The van der Waals surface area contributed by atoms with E-state index in [1.54, 1.807) is 18.6 Å². The van der Waals surface area contributed by atoms with Gasteiger partial charge in [-0.2, -0.15) is 5.10 Å². The lowest BCUT2D eigenvalue weighted by molar-refractivity contribution is 0.0951. The molecule has 1 aliphatic rings. The van der Waals surface area contributed by atoms with Gasteiger partial charge in [-0.15, -0.1) is 0 Å². The third-order valence-corrected chi connectivity index (χ3v) is 5.36. The monoisotopic (exact) mass is 394 g/mol. The molecule has 0 radical (unpaired) electrons. The first-order chi connectivity index (χ1) is 14.2. The lowest BCUT2D eigenvalue weighted by Gasteiger charge is -2.28. The summed E-state index contributed by atoms with van der Waals surface area (Å²) in [6, 6.07) is 5.71. The van der Waals surface area contributed by atoms with Crippen LogP contribution in [0.3, 0.4) is 0 Å². The van der Waals surface area contributed by atoms with Gasteiger partial charge in [0.25, 0.3) is 5.91 Å². The van der Waals surface area contributed by atoms with Crippen molar-refractivity contribution in [2.75, 3.05) is 5.32 Å². The van der Waals surface area contributed by atoms with Gasteiger partial charge in [0.15, 0.2) is 5.65 Å². The number of aryl methyl sites for hydroxylation is 1. The lowest BCUT2D eigenvalue weighted by Crippen LogP contribution is -2.31. The predicted octanol–water partition coefficient (Wildman–Crippen LogP) is 2.49. The summed E-state index contributed by atoms with van der Waals surface area (Å²) in [5.41, 5.74) is 2.74. The molecule has 0 saturated heterocycles. The number of carbonyl (C=O) groups is 1. The zero-order valence-electron chi connectivity index (χ0n) is 16.5. The SMILES string of the molecule is CCn1ncc2c(N[C@H]3CCC[C@H](O)C3)c(C(=O)NCc3ccccn3)cnc21. The van der Waals surface area contributed by atoms with Crippen molar-refractivity contribution >= 4 is 22.6 Å². The molecule has 1 fully saturated rings. The number of hydrogen-bond donors (Lipinski definition) is 3. The highest BCUT2D eigenvalue weighted by Crippen LogP contribution is 2.30. The van der Waals surface area contributed by atoms with Crippen LogP contribution < -0.4 is 10.6 Å². The van der Waals surface area contributed by atoms with Crippen molar-refractivity contribution in [3.63, 3.8) is 0 Å². The molecule has 1 saturated carbocycles. The zero-order chi connectivity index (χ0) is 20.2. The molecule has 0 aliphatic heterocycles. The van der Waals surface area contributed by atoms with E-state index in [1.807, 2.05) is 29.8 Å². The first-order valence-corrected chi connectivity index (χ1v) is 10.1. The standard InChI is InChI=1S/C21H26N6O2/c1-2-27-20-17(13-25-27)19(26-14-7-5-8-16(28)10-14)18(12-23-20)21(29)24-11-15-6-3-4-9-22-15/h3-4,6,9,12-14,16,28H,2,5,7-8,10-11H2,1H3,(H,23,26)(H,24,29)/t14-,16-/m0/s1. The Bertz CT molecular complexity index is 988. The molecular weight excluding hydrogens is 368 g/mol. The summed E-state index contributed by atoms with van der Waals surface area (Å²) < 4.78 is 1.81.